The second-order valence-corrected chi connectivity index (χ2v) is 9.18. The molecule has 4 rings (SSSR count). The Bertz CT molecular complexity index is 1570. The molecule has 2 amide bonds. The molecule has 0 fully saturated rings. The molecule has 0 radical (unpaired) electrons. The summed E-state index contributed by atoms with van der Waals surface area (Å²) < 4.78 is 2.38. The lowest BCUT2D eigenvalue weighted by atomic mass is 10.1. The number of hydrogen-bond donors (Lipinski definition) is 2. The van der Waals surface area contributed by atoms with Crippen molar-refractivity contribution in [2.45, 2.75) is 46.1 Å². The van der Waals surface area contributed by atoms with E-state index in [2.05, 4.69) is 17.6 Å². The maximum atomic E-state index is 13.6. The van der Waals surface area contributed by atoms with Gasteiger partial charge in [-0.25, -0.2) is 9.36 Å². The summed E-state index contributed by atoms with van der Waals surface area (Å²) in [6.45, 7) is 4.47. The van der Waals surface area contributed by atoms with Gasteiger partial charge in [0.25, 0.3) is 5.56 Å². The molecule has 0 saturated heterocycles. The summed E-state index contributed by atoms with van der Waals surface area (Å²) >= 11 is 0. The van der Waals surface area contributed by atoms with E-state index in [1.54, 1.807) is 54.6 Å². The molecule has 0 atom stereocenters. The summed E-state index contributed by atoms with van der Waals surface area (Å²) in [5, 5.41) is 6.06. The van der Waals surface area contributed by atoms with E-state index in [9.17, 15) is 19.2 Å². The van der Waals surface area contributed by atoms with Crippen molar-refractivity contribution >= 4 is 28.4 Å². The van der Waals surface area contributed by atoms with Crippen molar-refractivity contribution in [3.63, 3.8) is 0 Å². The minimum atomic E-state index is -0.615. The molecular weight excluding hydrogens is 480 g/mol. The first-order valence-electron chi connectivity index (χ1n) is 12.9. The lowest BCUT2D eigenvalue weighted by molar-refractivity contribution is -0.120. The van der Waals surface area contributed by atoms with Crippen LogP contribution in [-0.4, -0.2) is 27.5 Å². The Morgan fingerprint density at radius 3 is 2.34 bits per heavy atom. The maximum absolute atomic E-state index is 13.6. The van der Waals surface area contributed by atoms with Gasteiger partial charge in [0.05, 0.1) is 23.0 Å². The van der Waals surface area contributed by atoms with E-state index in [1.165, 1.54) is 4.57 Å². The van der Waals surface area contributed by atoms with Gasteiger partial charge in [-0.3, -0.25) is 19.0 Å². The number of nitrogens with zero attached hydrogens (tertiary/aromatic N) is 2. The van der Waals surface area contributed by atoms with Gasteiger partial charge < -0.3 is 10.6 Å². The highest BCUT2D eigenvalue weighted by molar-refractivity contribution is 5.91. The Hall–Kier alpha value is -4.46. The molecule has 0 bridgehead atoms. The van der Waals surface area contributed by atoms with Crippen LogP contribution < -0.4 is 21.9 Å². The third-order valence-electron chi connectivity index (χ3n) is 6.38. The molecule has 8 heteroatoms. The van der Waals surface area contributed by atoms with Crippen molar-refractivity contribution in [2.75, 3.05) is 11.9 Å². The number of fused-ring (bicyclic) bond motifs is 1. The predicted molar refractivity (Wildman–Crippen MR) is 150 cm³/mol. The highest BCUT2D eigenvalue weighted by Crippen LogP contribution is 2.14. The van der Waals surface area contributed by atoms with E-state index in [-0.39, 0.29) is 24.8 Å². The largest absolute Gasteiger partial charge is 0.356 e. The zero-order valence-electron chi connectivity index (χ0n) is 21.7. The minimum Gasteiger partial charge on any atom is -0.356 e. The number of rotatable bonds is 10. The lowest BCUT2D eigenvalue weighted by Gasteiger charge is -2.15. The van der Waals surface area contributed by atoms with E-state index in [0.29, 0.717) is 28.8 Å². The summed E-state index contributed by atoms with van der Waals surface area (Å²) in [7, 11) is 0. The third kappa shape index (κ3) is 6.08. The Balaban J connectivity index is 1.65. The van der Waals surface area contributed by atoms with Crippen LogP contribution >= 0.6 is 0 Å². The first-order chi connectivity index (χ1) is 18.4. The molecule has 196 valence electrons. The maximum Gasteiger partial charge on any atom is 0.336 e. The monoisotopic (exact) mass is 512 g/mol. The average Bonchev–Trinajstić information content (AvgIpc) is 2.92. The van der Waals surface area contributed by atoms with E-state index >= 15 is 0 Å². The number of benzene rings is 3. The van der Waals surface area contributed by atoms with Crippen LogP contribution in [0, 0.1) is 0 Å². The molecule has 0 unspecified atom stereocenters. The average molecular weight is 513 g/mol. The van der Waals surface area contributed by atoms with Crippen LogP contribution in [0.1, 0.15) is 37.8 Å². The number of para-hydroxylation sites is 1. The summed E-state index contributed by atoms with van der Waals surface area (Å²) in [5.74, 6) is -0.452. The van der Waals surface area contributed by atoms with Gasteiger partial charge in [-0.05, 0) is 60.4 Å². The van der Waals surface area contributed by atoms with Gasteiger partial charge in [0, 0.05) is 12.2 Å². The highest BCUT2D eigenvalue weighted by atomic mass is 16.2. The van der Waals surface area contributed by atoms with Gasteiger partial charge in [-0.2, -0.15) is 0 Å². The molecule has 0 spiro atoms. The topological polar surface area (TPSA) is 102 Å². The van der Waals surface area contributed by atoms with Crippen LogP contribution in [0.5, 0.6) is 0 Å². The Kier molecular flexibility index (Phi) is 8.53. The molecule has 3 aromatic carbocycles. The van der Waals surface area contributed by atoms with Crippen LogP contribution in [0.4, 0.5) is 5.69 Å². The first-order valence-corrected chi connectivity index (χ1v) is 12.9. The van der Waals surface area contributed by atoms with Gasteiger partial charge in [0.1, 0.15) is 6.54 Å². The van der Waals surface area contributed by atoms with Crippen molar-refractivity contribution < 1.29 is 9.59 Å². The van der Waals surface area contributed by atoms with Crippen molar-refractivity contribution in [1.82, 2.24) is 14.5 Å². The summed E-state index contributed by atoms with van der Waals surface area (Å²) in [6, 6.07) is 21.0. The first kappa shape index (κ1) is 26.6. The number of hydrogen-bond acceptors (Lipinski definition) is 4. The van der Waals surface area contributed by atoms with E-state index in [1.807, 2.05) is 25.1 Å². The Morgan fingerprint density at radius 2 is 1.61 bits per heavy atom. The minimum absolute atomic E-state index is 0.0769. The summed E-state index contributed by atoms with van der Waals surface area (Å²) in [4.78, 5) is 52.0. The van der Waals surface area contributed by atoms with Crippen molar-refractivity contribution in [2.24, 2.45) is 0 Å². The zero-order chi connectivity index (χ0) is 27.1. The van der Waals surface area contributed by atoms with Gasteiger partial charge in [0.15, 0.2) is 0 Å². The molecule has 8 nitrogen and oxygen atoms in total. The van der Waals surface area contributed by atoms with Crippen molar-refractivity contribution in [1.29, 1.82) is 0 Å². The van der Waals surface area contributed by atoms with Crippen LogP contribution in [-0.2, 0) is 29.0 Å². The normalized spacial score (nSPS) is 10.9. The molecule has 0 aliphatic rings. The number of carbonyl (C=O) groups is 2. The summed E-state index contributed by atoms with van der Waals surface area (Å²) in [6.07, 6.45) is 2.97. The van der Waals surface area contributed by atoms with E-state index in [0.717, 1.165) is 35.0 Å². The molecular formula is C30H32N4O4. The quantitative estimate of drug-likeness (QED) is 0.316. The fourth-order valence-electron chi connectivity index (χ4n) is 4.33. The number of nitrogens with one attached hydrogen (secondary N) is 2. The van der Waals surface area contributed by atoms with Crippen LogP contribution in [0.3, 0.4) is 0 Å². The van der Waals surface area contributed by atoms with Crippen LogP contribution in [0.2, 0.25) is 0 Å². The highest BCUT2D eigenvalue weighted by Gasteiger charge is 2.17. The molecule has 0 saturated carbocycles. The molecule has 2 N–H and O–H groups in total. The van der Waals surface area contributed by atoms with Gasteiger partial charge >= 0.3 is 5.69 Å². The molecule has 1 heterocycles. The molecule has 1 aromatic heterocycles. The number of unbranched alkanes of at least 4 members (excludes halogenated alkanes) is 1. The number of aromatic nitrogens is 2. The van der Waals surface area contributed by atoms with Crippen LogP contribution in [0.25, 0.3) is 16.6 Å². The van der Waals surface area contributed by atoms with E-state index in [4.69, 9.17) is 0 Å². The smallest absolute Gasteiger partial charge is 0.336 e. The second kappa shape index (κ2) is 12.2. The predicted octanol–water partition coefficient (Wildman–Crippen LogP) is 3.81. The van der Waals surface area contributed by atoms with Crippen molar-refractivity contribution in [3.8, 4) is 5.69 Å². The molecule has 38 heavy (non-hydrogen) atoms. The molecule has 0 aliphatic heterocycles. The summed E-state index contributed by atoms with van der Waals surface area (Å²) in [5.41, 5.74) is 2.17. The SMILES string of the molecule is CCCCNC(=O)Cc1ccc(-n2c(=O)c3ccccc3n(CC(=O)Nc3cccc(CC)c3)c2=O)cc1. The van der Waals surface area contributed by atoms with E-state index < -0.39 is 11.2 Å². The lowest BCUT2D eigenvalue weighted by Crippen LogP contribution is -2.40. The van der Waals surface area contributed by atoms with Gasteiger partial charge in [0.2, 0.25) is 11.8 Å². The molecule has 4 aromatic rings. The number of amides is 2. The van der Waals surface area contributed by atoms with Gasteiger partial charge in [-0.15, -0.1) is 0 Å². The zero-order valence-corrected chi connectivity index (χ0v) is 21.7. The number of anilines is 1. The number of carbonyl (C=O) groups excluding carboxylic acids is 2. The van der Waals surface area contributed by atoms with Crippen molar-refractivity contribution in [3.05, 3.63) is 105 Å². The second-order valence-electron chi connectivity index (χ2n) is 9.18. The fourth-order valence-corrected chi connectivity index (χ4v) is 4.33. The van der Waals surface area contributed by atoms with Gasteiger partial charge in [-0.1, -0.05) is 56.7 Å². The fraction of sp³-hybridized carbons (Fsp3) is 0.267. The van der Waals surface area contributed by atoms with Crippen LogP contribution in [0.15, 0.2) is 82.4 Å². The number of aryl methyl sites for hydroxylation is 1. The standard InChI is InChI=1S/C30H32N4O4/c1-3-5-17-31-27(35)19-22-13-15-24(16-14-22)34-29(37)25-11-6-7-12-26(25)33(30(34)38)20-28(36)32-23-10-8-9-21(4-2)18-23/h6-16,18H,3-5,17,19-20H2,1-2H3,(H,31,35)(H,32,36). The Labute approximate surface area is 220 Å². The molecule has 0 aliphatic carbocycles. The Morgan fingerprint density at radius 1 is 0.842 bits per heavy atom. The third-order valence-corrected chi connectivity index (χ3v) is 6.38.